The highest BCUT2D eigenvalue weighted by molar-refractivity contribution is 5.43. The lowest BCUT2D eigenvalue weighted by Crippen LogP contribution is -2.52. The van der Waals surface area contributed by atoms with Crippen molar-refractivity contribution >= 4 is 5.82 Å². The van der Waals surface area contributed by atoms with Crippen molar-refractivity contribution < 1.29 is 0 Å². The van der Waals surface area contributed by atoms with Crippen molar-refractivity contribution in [3.63, 3.8) is 0 Å². The first-order valence-electron chi connectivity index (χ1n) is 8.57. The van der Waals surface area contributed by atoms with Gasteiger partial charge in [0.25, 0.3) is 0 Å². The molecule has 6 heteroatoms. The maximum atomic E-state index is 12.0. The van der Waals surface area contributed by atoms with Crippen LogP contribution in [0.5, 0.6) is 0 Å². The summed E-state index contributed by atoms with van der Waals surface area (Å²) >= 11 is 0. The van der Waals surface area contributed by atoms with E-state index in [4.69, 9.17) is 11.5 Å². The van der Waals surface area contributed by atoms with Crippen LogP contribution in [0.1, 0.15) is 30.4 Å². The molecule has 4 rings (SSSR count). The lowest BCUT2D eigenvalue weighted by Gasteiger charge is -2.38. The molecule has 1 aromatic heterocycles. The van der Waals surface area contributed by atoms with E-state index >= 15 is 0 Å². The maximum absolute atomic E-state index is 12.0. The molecule has 24 heavy (non-hydrogen) atoms. The van der Waals surface area contributed by atoms with Crippen LogP contribution in [0.2, 0.25) is 0 Å². The minimum Gasteiger partial charge on any atom is -0.383 e. The largest absolute Gasteiger partial charge is 0.383 e. The van der Waals surface area contributed by atoms with Crippen LogP contribution in [0.3, 0.4) is 0 Å². The molecule has 0 aliphatic heterocycles. The Hall–Kier alpha value is -2.18. The summed E-state index contributed by atoms with van der Waals surface area (Å²) < 4.78 is 1.54. The van der Waals surface area contributed by atoms with Gasteiger partial charge in [0, 0.05) is 24.3 Å². The van der Waals surface area contributed by atoms with Crippen LogP contribution in [0.25, 0.3) is 5.69 Å². The van der Waals surface area contributed by atoms with E-state index in [1.54, 1.807) is 12.3 Å². The highest BCUT2D eigenvalue weighted by Crippen LogP contribution is 2.26. The molecule has 0 amide bonds. The van der Waals surface area contributed by atoms with Gasteiger partial charge in [-0.2, -0.15) is 4.98 Å². The number of anilines is 1. The van der Waals surface area contributed by atoms with Crippen molar-refractivity contribution in [2.24, 2.45) is 5.73 Å². The number of aromatic nitrogens is 2. The first kappa shape index (κ1) is 15.4. The second kappa shape index (κ2) is 6.03. The van der Waals surface area contributed by atoms with Crippen LogP contribution in [-0.2, 0) is 12.8 Å². The SMILES string of the molecule is Nc1ccn(-c2ccc3c(c2)CCC(NC2CC(N)C2)C3)c(=O)n1. The fourth-order valence-corrected chi connectivity index (χ4v) is 3.78. The second-order valence-corrected chi connectivity index (χ2v) is 6.99. The van der Waals surface area contributed by atoms with Gasteiger partial charge in [0.05, 0.1) is 5.69 Å². The third kappa shape index (κ3) is 2.95. The third-order valence-electron chi connectivity index (χ3n) is 5.17. The molecule has 0 spiro atoms. The number of aryl methyl sites for hydroxylation is 1. The van der Waals surface area contributed by atoms with Crippen LogP contribution in [0.15, 0.2) is 35.3 Å². The molecule has 1 atom stereocenters. The normalized spacial score (nSPS) is 25.8. The Balaban J connectivity index is 1.51. The van der Waals surface area contributed by atoms with Gasteiger partial charge < -0.3 is 16.8 Å². The van der Waals surface area contributed by atoms with Gasteiger partial charge in [0.1, 0.15) is 5.82 Å². The summed E-state index contributed by atoms with van der Waals surface area (Å²) in [5.41, 5.74) is 14.6. The fraction of sp³-hybridized carbons (Fsp3) is 0.444. The van der Waals surface area contributed by atoms with Crippen molar-refractivity contribution in [1.82, 2.24) is 14.9 Å². The van der Waals surface area contributed by atoms with Gasteiger partial charge in [-0.05, 0) is 61.4 Å². The average molecular weight is 325 g/mol. The molecule has 6 nitrogen and oxygen atoms in total. The molecular weight excluding hydrogens is 302 g/mol. The Morgan fingerprint density at radius 1 is 1.17 bits per heavy atom. The molecule has 1 unspecified atom stereocenters. The van der Waals surface area contributed by atoms with Gasteiger partial charge in [-0.25, -0.2) is 4.79 Å². The van der Waals surface area contributed by atoms with E-state index in [0.29, 0.717) is 18.1 Å². The molecule has 1 aromatic carbocycles. The molecular formula is C18H23N5O. The molecule has 2 aromatic rings. The summed E-state index contributed by atoms with van der Waals surface area (Å²) in [5.74, 6) is 0.249. The number of benzene rings is 1. The molecule has 1 fully saturated rings. The Morgan fingerprint density at radius 2 is 2.00 bits per heavy atom. The van der Waals surface area contributed by atoms with Crippen molar-refractivity contribution in [1.29, 1.82) is 0 Å². The van der Waals surface area contributed by atoms with E-state index in [0.717, 1.165) is 37.8 Å². The van der Waals surface area contributed by atoms with Gasteiger partial charge in [-0.3, -0.25) is 4.57 Å². The Labute approximate surface area is 140 Å². The molecule has 0 saturated heterocycles. The summed E-state index contributed by atoms with van der Waals surface area (Å²) in [6.45, 7) is 0. The van der Waals surface area contributed by atoms with E-state index in [1.807, 2.05) is 6.07 Å². The quantitative estimate of drug-likeness (QED) is 0.773. The van der Waals surface area contributed by atoms with E-state index < -0.39 is 0 Å². The van der Waals surface area contributed by atoms with Crippen molar-refractivity contribution in [2.75, 3.05) is 5.73 Å². The Morgan fingerprint density at radius 3 is 2.75 bits per heavy atom. The summed E-state index contributed by atoms with van der Waals surface area (Å²) in [7, 11) is 0. The topological polar surface area (TPSA) is 99.0 Å². The zero-order valence-corrected chi connectivity index (χ0v) is 13.6. The van der Waals surface area contributed by atoms with Crippen LogP contribution in [0, 0.1) is 0 Å². The lowest BCUT2D eigenvalue weighted by molar-refractivity contribution is 0.256. The maximum Gasteiger partial charge on any atom is 0.354 e. The smallest absolute Gasteiger partial charge is 0.354 e. The second-order valence-electron chi connectivity index (χ2n) is 6.99. The van der Waals surface area contributed by atoms with Crippen LogP contribution < -0.4 is 22.5 Å². The number of rotatable bonds is 3. The minimum absolute atomic E-state index is 0.249. The summed E-state index contributed by atoms with van der Waals surface area (Å²) in [4.78, 5) is 15.8. The fourth-order valence-electron chi connectivity index (χ4n) is 3.78. The number of nitrogens with two attached hydrogens (primary N) is 2. The number of hydrogen-bond acceptors (Lipinski definition) is 5. The van der Waals surface area contributed by atoms with Gasteiger partial charge in [-0.15, -0.1) is 0 Å². The molecule has 5 N–H and O–H groups in total. The Bertz CT molecular complexity index is 809. The van der Waals surface area contributed by atoms with Crippen molar-refractivity contribution in [2.45, 2.75) is 50.2 Å². The van der Waals surface area contributed by atoms with E-state index in [9.17, 15) is 4.79 Å². The predicted octanol–water partition coefficient (Wildman–Crippen LogP) is 0.751. The van der Waals surface area contributed by atoms with E-state index in [-0.39, 0.29) is 11.5 Å². The highest BCUT2D eigenvalue weighted by atomic mass is 16.1. The van der Waals surface area contributed by atoms with E-state index in [2.05, 4.69) is 22.4 Å². The molecule has 126 valence electrons. The minimum atomic E-state index is -0.341. The zero-order chi connectivity index (χ0) is 16.7. The summed E-state index contributed by atoms with van der Waals surface area (Å²) in [6, 6.07) is 9.36. The average Bonchev–Trinajstić information content (AvgIpc) is 2.53. The van der Waals surface area contributed by atoms with Crippen LogP contribution in [0.4, 0.5) is 5.82 Å². The molecule has 1 saturated carbocycles. The predicted molar refractivity (Wildman–Crippen MR) is 94.2 cm³/mol. The van der Waals surface area contributed by atoms with E-state index in [1.165, 1.54) is 15.7 Å². The lowest BCUT2D eigenvalue weighted by atomic mass is 9.83. The standard InChI is InChI=1S/C18H23N5O/c19-13-9-15(10-13)21-14-3-1-12-8-16(4-2-11(12)7-14)23-6-5-17(20)22-18(23)24/h2,4-6,8,13-15,21H,1,3,7,9-10,19H2,(H2,20,22,24). The third-order valence-corrected chi connectivity index (χ3v) is 5.17. The van der Waals surface area contributed by atoms with Gasteiger partial charge in [-0.1, -0.05) is 6.07 Å². The Kier molecular flexibility index (Phi) is 3.86. The van der Waals surface area contributed by atoms with Crippen molar-refractivity contribution in [3.05, 3.63) is 52.1 Å². The molecule has 2 aliphatic rings. The molecule has 0 radical (unpaired) electrons. The van der Waals surface area contributed by atoms with Gasteiger partial charge in [0.15, 0.2) is 0 Å². The van der Waals surface area contributed by atoms with Crippen LogP contribution >= 0.6 is 0 Å². The molecule has 0 bridgehead atoms. The molecule has 1 heterocycles. The summed E-state index contributed by atoms with van der Waals surface area (Å²) in [6.07, 6.45) is 7.05. The zero-order valence-electron chi connectivity index (χ0n) is 13.6. The number of fused-ring (bicyclic) bond motifs is 1. The number of nitrogens with one attached hydrogen (secondary N) is 1. The van der Waals surface area contributed by atoms with Gasteiger partial charge >= 0.3 is 5.69 Å². The first-order chi connectivity index (χ1) is 11.6. The number of nitrogens with zero attached hydrogens (tertiary/aromatic N) is 2. The molecule has 2 aliphatic carbocycles. The van der Waals surface area contributed by atoms with Crippen LogP contribution in [-0.4, -0.2) is 27.7 Å². The highest BCUT2D eigenvalue weighted by Gasteiger charge is 2.29. The number of hydrogen-bond donors (Lipinski definition) is 3. The monoisotopic (exact) mass is 325 g/mol. The summed E-state index contributed by atoms with van der Waals surface area (Å²) in [5, 5.41) is 3.73. The van der Waals surface area contributed by atoms with Crippen molar-refractivity contribution in [3.8, 4) is 5.69 Å². The van der Waals surface area contributed by atoms with Gasteiger partial charge in [0.2, 0.25) is 0 Å². The first-order valence-corrected chi connectivity index (χ1v) is 8.57. The number of nitrogen functional groups attached to an aromatic ring is 1.